The molecule has 124 valence electrons. The third-order valence-corrected chi connectivity index (χ3v) is 7.85. The molecule has 2 aliphatic rings. The highest BCUT2D eigenvalue weighted by Crippen LogP contribution is 2.34. The molecule has 0 aromatic heterocycles. The molecule has 0 saturated heterocycles. The van der Waals surface area contributed by atoms with Crippen molar-refractivity contribution in [3.8, 4) is 0 Å². The first kappa shape index (κ1) is 17.3. The van der Waals surface area contributed by atoms with Gasteiger partial charge in [0.2, 0.25) is 0 Å². The highest BCUT2D eigenvalue weighted by molar-refractivity contribution is 7.92. The van der Waals surface area contributed by atoms with Gasteiger partial charge in [-0.1, -0.05) is 39.5 Å². The summed E-state index contributed by atoms with van der Waals surface area (Å²) in [6.07, 6.45) is 10.2. The minimum atomic E-state index is -2.95. The maximum Gasteiger partial charge on any atom is 0.154 e. The summed E-state index contributed by atoms with van der Waals surface area (Å²) in [5.41, 5.74) is 0. The lowest BCUT2D eigenvalue weighted by molar-refractivity contribution is 0.281. The summed E-state index contributed by atoms with van der Waals surface area (Å²) < 4.78 is 25.9. The van der Waals surface area contributed by atoms with Crippen LogP contribution in [0, 0.1) is 11.8 Å². The van der Waals surface area contributed by atoms with Crippen LogP contribution in [0.2, 0.25) is 0 Å². The van der Waals surface area contributed by atoms with Gasteiger partial charge in [0.1, 0.15) is 0 Å². The summed E-state index contributed by atoms with van der Waals surface area (Å²) in [5, 5.41) is 3.31. The molecule has 3 nitrogen and oxygen atoms in total. The first-order valence-electron chi connectivity index (χ1n) is 9.01. The van der Waals surface area contributed by atoms with Gasteiger partial charge in [0.15, 0.2) is 9.84 Å². The van der Waals surface area contributed by atoms with Crippen molar-refractivity contribution in [3.05, 3.63) is 0 Å². The van der Waals surface area contributed by atoms with E-state index in [1.165, 1.54) is 32.1 Å². The first-order chi connectivity index (χ1) is 10.1. The van der Waals surface area contributed by atoms with Crippen molar-refractivity contribution in [2.45, 2.75) is 82.9 Å². The Balaban J connectivity index is 2.05. The van der Waals surface area contributed by atoms with Crippen LogP contribution in [-0.4, -0.2) is 32.0 Å². The molecule has 0 aromatic carbocycles. The van der Waals surface area contributed by atoms with Crippen molar-refractivity contribution in [1.29, 1.82) is 0 Å². The largest absolute Gasteiger partial charge is 0.313 e. The molecule has 0 amide bonds. The van der Waals surface area contributed by atoms with E-state index in [-0.39, 0.29) is 11.3 Å². The zero-order chi connectivity index (χ0) is 15.3. The fourth-order valence-corrected chi connectivity index (χ4v) is 6.94. The SMILES string of the molecule is CCCC1CCC(NCC)C(S(=O)(=O)CC2CCCC2)C1. The molecule has 2 fully saturated rings. The molecule has 3 unspecified atom stereocenters. The fraction of sp³-hybridized carbons (Fsp3) is 1.00. The maximum absolute atomic E-state index is 12.9. The average molecular weight is 316 g/mol. The quantitative estimate of drug-likeness (QED) is 0.781. The van der Waals surface area contributed by atoms with Crippen molar-refractivity contribution in [2.75, 3.05) is 12.3 Å². The van der Waals surface area contributed by atoms with Crippen LogP contribution in [-0.2, 0) is 9.84 Å². The minimum absolute atomic E-state index is 0.136. The van der Waals surface area contributed by atoms with E-state index >= 15 is 0 Å². The molecule has 0 aliphatic heterocycles. The second kappa shape index (κ2) is 7.96. The van der Waals surface area contributed by atoms with Gasteiger partial charge in [-0.2, -0.15) is 0 Å². The van der Waals surface area contributed by atoms with Crippen molar-refractivity contribution in [1.82, 2.24) is 5.32 Å². The Bertz CT molecular complexity index is 401. The zero-order valence-corrected chi connectivity index (χ0v) is 14.6. The molecule has 2 aliphatic carbocycles. The third kappa shape index (κ3) is 4.69. The van der Waals surface area contributed by atoms with E-state index in [0.717, 1.165) is 32.2 Å². The van der Waals surface area contributed by atoms with Gasteiger partial charge in [0.25, 0.3) is 0 Å². The third-order valence-electron chi connectivity index (χ3n) is 5.47. The van der Waals surface area contributed by atoms with Gasteiger partial charge < -0.3 is 5.32 Å². The monoisotopic (exact) mass is 315 g/mol. The Morgan fingerprint density at radius 2 is 1.71 bits per heavy atom. The second-order valence-corrected chi connectivity index (χ2v) is 9.41. The van der Waals surface area contributed by atoms with E-state index in [9.17, 15) is 8.42 Å². The van der Waals surface area contributed by atoms with Gasteiger partial charge in [-0.05, 0) is 50.5 Å². The summed E-state index contributed by atoms with van der Waals surface area (Å²) in [6.45, 7) is 5.16. The molecular weight excluding hydrogens is 282 g/mol. The van der Waals surface area contributed by atoms with Crippen LogP contribution in [0.15, 0.2) is 0 Å². The summed E-state index contributed by atoms with van der Waals surface area (Å²) in [6, 6.07) is 0.189. The van der Waals surface area contributed by atoms with Crippen LogP contribution >= 0.6 is 0 Å². The van der Waals surface area contributed by atoms with E-state index in [4.69, 9.17) is 0 Å². The number of nitrogens with one attached hydrogen (secondary N) is 1. The van der Waals surface area contributed by atoms with Crippen LogP contribution < -0.4 is 5.32 Å². The van der Waals surface area contributed by atoms with E-state index in [2.05, 4.69) is 19.2 Å². The normalized spacial score (nSPS) is 31.6. The summed E-state index contributed by atoms with van der Waals surface area (Å²) >= 11 is 0. The van der Waals surface area contributed by atoms with Crippen molar-refractivity contribution in [2.24, 2.45) is 11.8 Å². The Morgan fingerprint density at radius 3 is 2.33 bits per heavy atom. The lowest BCUT2D eigenvalue weighted by Crippen LogP contribution is -2.49. The smallest absolute Gasteiger partial charge is 0.154 e. The van der Waals surface area contributed by atoms with Crippen LogP contribution in [0.5, 0.6) is 0 Å². The number of sulfone groups is 1. The standard InChI is InChI=1S/C17H33NO2S/c1-3-7-14-10-11-16(18-4-2)17(12-14)21(19,20)13-15-8-5-6-9-15/h14-18H,3-13H2,1-2H3. The molecule has 21 heavy (non-hydrogen) atoms. The zero-order valence-electron chi connectivity index (χ0n) is 13.8. The Hall–Kier alpha value is -0.0900. The van der Waals surface area contributed by atoms with E-state index in [1.54, 1.807) is 0 Å². The van der Waals surface area contributed by atoms with Gasteiger partial charge in [0.05, 0.1) is 11.0 Å². The Morgan fingerprint density at radius 1 is 1.00 bits per heavy atom. The maximum atomic E-state index is 12.9. The van der Waals surface area contributed by atoms with Crippen molar-refractivity contribution in [3.63, 3.8) is 0 Å². The van der Waals surface area contributed by atoms with Crippen molar-refractivity contribution >= 4 is 9.84 Å². The van der Waals surface area contributed by atoms with Gasteiger partial charge >= 0.3 is 0 Å². The van der Waals surface area contributed by atoms with Crippen LogP contribution in [0.4, 0.5) is 0 Å². The number of hydrogen-bond donors (Lipinski definition) is 1. The van der Waals surface area contributed by atoms with Gasteiger partial charge in [0, 0.05) is 6.04 Å². The van der Waals surface area contributed by atoms with Gasteiger partial charge in [-0.3, -0.25) is 0 Å². The minimum Gasteiger partial charge on any atom is -0.313 e. The lowest BCUT2D eigenvalue weighted by Gasteiger charge is -2.36. The van der Waals surface area contributed by atoms with Crippen molar-refractivity contribution < 1.29 is 8.42 Å². The summed E-state index contributed by atoms with van der Waals surface area (Å²) in [7, 11) is -2.95. The summed E-state index contributed by atoms with van der Waals surface area (Å²) in [4.78, 5) is 0. The van der Waals surface area contributed by atoms with E-state index < -0.39 is 9.84 Å². The topological polar surface area (TPSA) is 46.2 Å². The molecule has 2 saturated carbocycles. The molecule has 0 radical (unpaired) electrons. The summed E-state index contributed by atoms with van der Waals surface area (Å²) in [5.74, 6) is 1.50. The number of rotatable bonds is 7. The molecule has 0 spiro atoms. The van der Waals surface area contributed by atoms with E-state index in [1.807, 2.05) is 0 Å². The lowest BCUT2D eigenvalue weighted by atomic mass is 9.83. The average Bonchev–Trinajstić information content (AvgIpc) is 2.93. The highest BCUT2D eigenvalue weighted by Gasteiger charge is 2.39. The second-order valence-electron chi connectivity index (χ2n) is 7.15. The number of hydrogen-bond acceptors (Lipinski definition) is 3. The van der Waals surface area contributed by atoms with Gasteiger partial charge in [-0.15, -0.1) is 0 Å². The van der Waals surface area contributed by atoms with Crippen LogP contribution in [0.25, 0.3) is 0 Å². The molecule has 0 aromatic rings. The first-order valence-corrected chi connectivity index (χ1v) is 10.7. The van der Waals surface area contributed by atoms with Crippen LogP contribution in [0.3, 0.4) is 0 Å². The van der Waals surface area contributed by atoms with Gasteiger partial charge in [-0.25, -0.2) is 8.42 Å². The molecule has 1 N–H and O–H groups in total. The molecular formula is C17H33NO2S. The molecule has 2 rings (SSSR count). The highest BCUT2D eigenvalue weighted by atomic mass is 32.2. The predicted molar refractivity (Wildman–Crippen MR) is 89.2 cm³/mol. The van der Waals surface area contributed by atoms with E-state index in [0.29, 0.717) is 17.6 Å². The molecule has 0 bridgehead atoms. The fourth-order valence-electron chi connectivity index (χ4n) is 4.40. The predicted octanol–water partition coefficient (Wildman–Crippen LogP) is 3.54. The molecule has 0 heterocycles. The Labute approximate surface area is 131 Å². The Kier molecular flexibility index (Phi) is 6.54. The molecule has 4 heteroatoms. The molecule has 3 atom stereocenters. The van der Waals surface area contributed by atoms with Crippen LogP contribution in [0.1, 0.15) is 71.6 Å².